The minimum Gasteiger partial charge on any atom is -0.309 e. The minimum absolute atomic E-state index is 0.806. The van der Waals surface area contributed by atoms with Gasteiger partial charge in [-0.1, -0.05) is 24.3 Å². The van der Waals surface area contributed by atoms with E-state index in [0.717, 1.165) is 36.3 Å². The van der Waals surface area contributed by atoms with Gasteiger partial charge < -0.3 is 5.32 Å². The molecule has 3 fully saturated rings. The van der Waals surface area contributed by atoms with Crippen LogP contribution in [0.3, 0.4) is 0 Å². The molecular weight excluding hydrogens is 244 g/mol. The Balaban J connectivity index is 1.35. The first kappa shape index (κ1) is 11.3. The van der Waals surface area contributed by atoms with Crippen molar-refractivity contribution in [3.63, 3.8) is 0 Å². The Morgan fingerprint density at radius 2 is 1.85 bits per heavy atom. The van der Waals surface area contributed by atoms with Gasteiger partial charge in [0, 0.05) is 30.4 Å². The summed E-state index contributed by atoms with van der Waals surface area (Å²) in [6.45, 7) is 0.978. The van der Waals surface area contributed by atoms with Crippen LogP contribution < -0.4 is 5.32 Å². The minimum atomic E-state index is 0.806. The number of nitrogens with one attached hydrogen (secondary N) is 1. The van der Waals surface area contributed by atoms with Crippen LogP contribution in [-0.2, 0) is 6.54 Å². The third-order valence-electron chi connectivity index (χ3n) is 6.01. The summed E-state index contributed by atoms with van der Waals surface area (Å²) in [5.41, 5.74) is 1.35. The molecule has 20 heavy (non-hydrogen) atoms. The zero-order valence-corrected chi connectivity index (χ0v) is 11.6. The first-order valence-electron chi connectivity index (χ1n) is 7.97. The molecule has 1 heterocycles. The highest BCUT2D eigenvalue weighted by atomic mass is 15.0. The molecule has 1 N–H and O–H groups in total. The van der Waals surface area contributed by atoms with E-state index in [9.17, 15) is 0 Å². The van der Waals surface area contributed by atoms with E-state index in [-0.39, 0.29) is 0 Å². The van der Waals surface area contributed by atoms with Crippen LogP contribution in [-0.4, -0.2) is 11.0 Å². The van der Waals surface area contributed by atoms with E-state index >= 15 is 0 Å². The molecule has 0 radical (unpaired) electrons. The smallest absolute Gasteiger partial charge is 0.0346 e. The molecular formula is C18H20N2. The molecule has 3 aliphatic carbocycles. The van der Waals surface area contributed by atoms with Gasteiger partial charge in [0.05, 0.1) is 0 Å². The van der Waals surface area contributed by atoms with Crippen molar-refractivity contribution in [3.8, 4) is 0 Å². The number of rotatable bonds is 3. The Morgan fingerprint density at radius 1 is 1.05 bits per heavy atom. The SMILES string of the molecule is c1ccc2c(CNC3C4C5CCC(C5)C34)cncc2c1. The summed E-state index contributed by atoms with van der Waals surface area (Å²) in [6, 6.07) is 9.38. The van der Waals surface area contributed by atoms with E-state index in [1.165, 1.54) is 35.6 Å². The number of nitrogens with zero attached hydrogens (tertiary/aromatic N) is 1. The largest absolute Gasteiger partial charge is 0.309 e. The Kier molecular flexibility index (Phi) is 2.28. The Labute approximate surface area is 119 Å². The number of benzene rings is 1. The van der Waals surface area contributed by atoms with Crippen molar-refractivity contribution in [1.29, 1.82) is 0 Å². The van der Waals surface area contributed by atoms with Crippen molar-refractivity contribution in [2.45, 2.75) is 31.8 Å². The van der Waals surface area contributed by atoms with Gasteiger partial charge in [-0.25, -0.2) is 0 Å². The van der Waals surface area contributed by atoms with E-state index in [4.69, 9.17) is 0 Å². The number of hydrogen-bond donors (Lipinski definition) is 1. The van der Waals surface area contributed by atoms with E-state index < -0.39 is 0 Å². The van der Waals surface area contributed by atoms with Gasteiger partial charge in [0.15, 0.2) is 0 Å². The molecule has 0 aliphatic heterocycles. The average molecular weight is 264 g/mol. The highest BCUT2D eigenvalue weighted by molar-refractivity contribution is 5.84. The molecule has 2 heteroatoms. The van der Waals surface area contributed by atoms with Crippen LogP contribution in [0.5, 0.6) is 0 Å². The van der Waals surface area contributed by atoms with E-state index in [1.807, 2.05) is 12.4 Å². The lowest BCUT2D eigenvalue weighted by Crippen LogP contribution is -2.22. The number of aromatic nitrogens is 1. The maximum atomic E-state index is 4.39. The van der Waals surface area contributed by atoms with Gasteiger partial charge in [-0.2, -0.15) is 0 Å². The molecule has 2 bridgehead atoms. The summed E-state index contributed by atoms with van der Waals surface area (Å²) in [5, 5.41) is 6.43. The normalized spacial score (nSPS) is 37.3. The third kappa shape index (κ3) is 1.51. The van der Waals surface area contributed by atoms with Crippen LogP contribution in [0.15, 0.2) is 36.7 Å². The molecule has 1 aromatic carbocycles. The molecule has 102 valence electrons. The zero-order chi connectivity index (χ0) is 13.1. The second kappa shape index (κ2) is 4.05. The summed E-state index contributed by atoms with van der Waals surface area (Å²) >= 11 is 0. The second-order valence-corrected chi connectivity index (χ2v) is 6.91. The molecule has 4 atom stereocenters. The van der Waals surface area contributed by atoms with Crippen LogP contribution >= 0.6 is 0 Å². The Hall–Kier alpha value is -1.41. The standard InChI is InChI=1S/C18H20N2/c1-2-4-15-13(3-1)8-19-9-14(15)10-20-18-16-11-5-6-12(7-11)17(16)18/h1-4,8-9,11-12,16-18,20H,5-7,10H2. The molecule has 3 aliphatic rings. The van der Waals surface area contributed by atoms with Gasteiger partial charge in [0.25, 0.3) is 0 Å². The van der Waals surface area contributed by atoms with Crippen LogP contribution in [0.4, 0.5) is 0 Å². The summed E-state index contributed by atoms with van der Waals surface area (Å²) in [5.74, 6) is 4.12. The number of pyridine rings is 1. The van der Waals surface area contributed by atoms with Crippen LogP contribution in [0.2, 0.25) is 0 Å². The quantitative estimate of drug-likeness (QED) is 0.919. The van der Waals surface area contributed by atoms with Crippen molar-refractivity contribution in [2.75, 3.05) is 0 Å². The van der Waals surface area contributed by atoms with Gasteiger partial charge in [0.1, 0.15) is 0 Å². The maximum Gasteiger partial charge on any atom is 0.0346 e. The molecule has 0 spiro atoms. The fraction of sp³-hybridized carbons (Fsp3) is 0.500. The molecule has 2 aromatic rings. The molecule has 1 aromatic heterocycles. The summed E-state index contributed by atoms with van der Waals surface area (Å²) in [6.07, 6.45) is 8.52. The highest BCUT2D eigenvalue weighted by Gasteiger charge is 2.64. The number of fused-ring (bicyclic) bond motifs is 6. The van der Waals surface area contributed by atoms with Crippen molar-refractivity contribution >= 4 is 10.8 Å². The predicted molar refractivity (Wildman–Crippen MR) is 80.2 cm³/mol. The Bertz CT molecular complexity index is 644. The first-order valence-corrected chi connectivity index (χ1v) is 7.97. The predicted octanol–water partition coefficient (Wildman–Crippen LogP) is 3.37. The lowest BCUT2D eigenvalue weighted by molar-refractivity contribution is 0.456. The first-order chi connectivity index (χ1) is 9.92. The fourth-order valence-corrected chi connectivity index (χ4v) is 5.15. The average Bonchev–Trinajstić information content (AvgIpc) is 2.88. The number of hydrogen-bond acceptors (Lipinski definition) is 2. The summed E-state index contributed by atoms with van der Waals surface area (Å²) in [4.78, 5) is 4.39. The summed E-state index contributed by atoms with van der Waals surface area (Å²) < 4.78 is 0. The Morgan fingerprint density at radius 3 is 2.70 bits per heavy atom. The molecule has 0 saturated heterocycles. The van der Waals surface area contributed by atoms with Crippen LogP contribution in [0.25, 0.3) is 10.8 Å². The highest BCUT2D eigenvalue weighted by Crippen LogP contribution is 2.65. The van der Waals surface area contributed by atoms with E-state index in [1.54, 1.807) is 0 Å². The van der Waals surface area contributed by atoms with Gasteiger partial charge in [0.2, 0.25) is 0 Å². The van der Waals surface area contributed by atoms with Crippen molar-refractivity contribution in [2.24, 2.45) is 23.7 Å². The van der Waals surface area contributed by atoms with Gasteiger partial charge in [-0.3, -0.25) is 4.98 Å². The van der Waals surface area contributed by atoms with E-state index in [0.29, 0.717) is 0 Å². The lowest BCUT2D eigenvalue weighted by Gasteiger charge is -2.11. The van der Waals surface area contributed by atoms with E-state index in [2.05, 4.69) is 34.6 Å². The van der Waals surface area contributed by atoms with Crippen molar-refractivity contribution in [3.05, 3.63) is 42.2 Å². The molecule has 4 unspecified atom stereocenters. The lowest BCUT2D eigenvalue weighted by atomic mass is 10.0. The van der Waals surface area contributed by atoms with Gasteiger partial charge >= 0.3 is 0 Å². The second-order valence-electron chi connectivity index (χ2n) is 6.91. The summed E-state index contributed by atoms with van der Waals surface area (Å²) in [7, 11) is 0. The molecule has 5 rings (SSSR count). The van der Waals surface area contributed by atoms with Crippen molar-refractivity contribution in [1.82, 2.24) is 10.3 Å². The van der Waals surface area contributed by atoms with Gasteiger partial charge in [-0.15, -0.1) is 0 Å². The zero-order valence-electron chi connectivity index (χ0n) is 11.6. The molecule has 3 saturated carbocycles. The van der Waals surface area contributed by atoms with Crippen LogP contribution in [0, 0.1) is 23.7 Å². The van der Waals surface area contributed by atoms with Crippen LogP contribution in [0.1, 0.15) is 24.8 Å². The molecule has 0 amide bonds. The van der Waals surface area contributed by atoms with Gasteiger partial charge in [-0.05, 0) is 53.9 Å². The monoisotopic (exact) mass is 264 g/mol. The molecule has 2 nitrogen and oxygen atoms in total. The third-order valence-corrected chi connectivity index (χ3v) is 6.01. The van der Waals surface area contributed by atoms with Crippen molar-refractivity contribution < 1.29 is 0 Å². The fourth-order valence-electron chi connectivity index (χ4n) is 5.15. The maximum absolute atomic E-state index is 4.39. The topological polar surface area (TPSA) is 24.9 Å².